The molecule has 0 aromatic heterocycles. The quantitative estimate of drug-likeness (QED) is 0.459. The number of nitrogens with zero attached hydrogens (tertiary/aromatic N) is 1. The lowest BCUT2D eigenvalue weighted by Gasteiger charge is -2.13. The fourth-order valence-corrected chi connectivity index (χ4v) is 4.19. The average Bonchev–Trinajstić information content (AvgIpc) is 2.87. The molecule has 2 aromatic carbocycles. The maximum absolute atomic E-state index is 12.8. The summed E-state index contributed by atoms with van der Waals surface area (Å²) < 4.78 is 6.45. The Morgan fingerprint density at radius 1 is 1.19 bits per heavy atom. The Morgan fingerprint density at radius 2 is 1.96 bits per heavy atom. The molecule has 0 atom stereocenters. The van der Waals surface area contributed by atoms with Gasteiger partial charge in [0.05, 0.1) is 18.1 Å². The van der Waals surface area contributed by atoms with E-state index in [-0.39, 0.29) is 17.7 Å². The molecule has 140 valence electrons. The summed E-state index contributed by atoms with van der Waals surface area (Å²) in [5.41, 5.74) is 1.38. The zero-order valence-electron chi connectivity index (χ0n) is 14.2. The first kappa shape index (κ1) is 20.3. The molecule has 27 heavy (non-hydrogen) atoms. The van der Waals surface area contributed by atoms with E-state index >= 15 is 0 Å². The van der Waals surface area contributed by atoms with Crippen molar-refractivity contribution in [3.05, 3.63) is 66.9 Å². The molecule has 0 spiro atoms. The third-order valence-electron chi connectivity index (χ3n) is 3.78. The molecule has 8 heteroatoms. The van der Waals surface area contributed by atoms with E-state index in [0.717, 1.165) is 21.8 Å². The SMILES string of the molecule is CCOc1ccc(Br)cc1/C=C1\SC(=O)N(Cc2ccc(Cl)cc2Cl)C1=O. The van der Waals surface area contributed by atoms with Gasteiger partial charge in [0.1, 0.15) is 5.75 Å². The standard InChI is InChI=1S/C19H14BrCl2NO3S/c1-2-26-16-6-4-13(20)7-12(16)8-17-18(24)23(19(25)27-17)10-11-3-5-14(21)9-15(11)22/h3-9H,2,10H2,1H3/b17-8-. The molecule has 0 aliphatic carbocycles. The van der Waals surface area contributed by atoms with Crippen LogP contribution in [0.2, 0.25) is 10.0 Å². The molecule has 0 bridgehead atoms. The van der Waals surface area contributed by atoms with Crippen molar-refractivity contribution in [2.45, 2.75) is 13.5 Å². The van der Waals surface area contributed by atoms with E-state index < -0.39 is 0 Å². The number of benzene rings is 2. The predicted octanol–water partition coefficient (Wildman–Crippen LogP) is 6.39. The number of hydrogen-bond acceptors (Lipinski definition) is 4. The topological polar surface area (TPSA) is 46.6 Å². The Kier molecular flexibility index (Phi) is 6.52. The molecule has 1 heterocycles. The van der Waals surface area contributed by atoms with Gasteiger partial charge in [-0.2, -0.15) is 0 Å². The highest BCUT2D eigenvalue weighted by Crippen LogP contribution is 2.36. The Labute approximate surface area is 179 Å². The average molecular weight is 487 g/mol. The van der Waals surface area contributed by atoms with Gasteiger partial charge >= 0.3 is 0 Å². The molecule has 2 aromatic rings. The number of thioether (sulfide) groups is 1. The van der Waals surface area contributed by atoms with Gasteiger partial charge in [-0.25, -0.2) is 0 Å². The van der Waals surface area contributed by atoms with Gasteiger partial charge in [0.2, 0.25) is 0 Å². The molecule has 1 saturated heterocycles. The normalized spacial score (nSPS) is 15.7. The smallest absolute Gasteiger partial charge is 0.293 e. The van der Waals surface area contributed by atoms with Crippen LogP contribution in [-0.4, -0.2) is 22.7 Å². The second-order valence-electron chi connectivity index (χ2n) is 5.62. The summed E-state index contributed by atoms with van der Waals surface area (Å²) in [7, 11) is 0. The van der Waals surface area contributed by atoms with Gasteiger partial charge in [-0.1, -0.05) is 45.2 Å². The van der Waals surface area contributed by atoms with Gasteiger partial charge in [-0.3, -0.25) is 14.5 Å². The zero-order chi connectivity index (χ0) is 19.6. The lowest BCUT2D eigenvalue weighted by Crippen LogP contribution is -2.27. The third-order valence-corrected chi connectivity index (χ3v) is 5.76. The van der Waals surface area contributed by atoms with Crippen LogP contribution in [0.5, 0.6) is 5.75 Å². The molecule has 4 nitrogen and oxygen atoms in total. The molecule has 0 unspecified atom stereocenters. The first-order chi connectivity index (χ1) is 12.9. The number of carbonyl (C=O) groups excluding carboxylic acids is 2. The Balaban J connectivity index is 1.88. The molecular weight excluding hydrogens is 473 g/mol. The molecule has 0 N–H and O–H groups in total. The van der Waals surface area contributed by atoms with Gasteiger partial charge in [-0.15, -0.1) is 0 Å². The summed E-state index contributed by atoms with van der Waals surface area (Å²) >= 11 is 16.4. The summed E-state index contributed by atoms with van der Waals surface area (Å²) in [5.74, 6) is 0.284. The highest BCUT2D eigenvalue weighted by Gasteiger charge is 2.35. The summed E-state index contributed by atoms with van der Waals surface area (Å²) in [6, 6.07) is 10.5. The van der Waals surface area contributed by atoms with Gasteiger partial charge in [-0.05, 0) is 60.7 Å². The van der Waals surface area contributed by atoms with E-state index in [1.54, 1.807) is 24.3 Å². The Bertz CT molecular complexity index is 949. The molecule has 1 aliphatic heterocycles. The maximum Gasteiger partial charge on any atom is 0.293 e. The molecule has 3 rings (SSSR count). The van der Waals surface area contributed by atoms with E-state index in [2.05, 4.69) is 15.9 Å². The fraction of sp³-hybridized carbons (Fsp3) is 0.158. The molecule has 1 aliphatic rings. The monoisotopic (exact) mass is 485 g/mol. The minimum Gasteiger partial charge on any atom is -0.493 e. The lowest BCUT2D eigenvalue weighted by atomic mass is 10.1. The van der Waals surface area contributed by atoms with Crippen LogP contribution >= 0.6 is 50.9 Å². The number of ether oxygens (including phenoxy) is 1. The van der Waals surface area contributed by atoms with Gasteiger partial charge in [0.25, 0.3) is 11.1 Å². The van der Waals surface area contributed by atoms with Crippen LogP contribution in [0.25, 0.3) is 6.08 Å². The van der Waals surface area contributed by atoms with E-state index in [9.17, 15) is 9.59 Å². The van der Waals surface area contributed by atoms with Crippen molar-refractivity contribution < 1.29 is 14.3 Å². The lowest BCUT2D eigenvalue weighted by molar-refractivity contribution is -0.123. The highest BCUT2D eigenvalue weighted by atomic mass is 79.9. The van der Waals surface area contributed by atoms with Crippen molar-refractivity contribution in [3.63, 3.8) is 0 Å². The third kappa shape index (κ3) is 4.69. The number of imide groups is 1. The van der Waals surface area contributed by atoms with Crippen LogP contribution in [-0.2, 0) is 11.3 Å². The van der Waals surface area contributed by atoms with Crippen LogP contribution in [0, 0.1) is 0 Å². The molecule has 0 saturated carbocycles. The van der Waals surface area contributed by atoms with Crippen molar-refractivity contribution in [2.75, 3.05) is 6.61 Å². The van der Waals surface area contributed by atoms with Crippen LogP contribution in [0.3, 0.4) is 0 Å². The minimum atomic E-state index is -0.363. The van der Waals surface area contributed by atoms with Crippen molar-refractivity contribution >= 4 is 68.1 Å². The van der Waals surface area contributed by atoms with Gasteiger partial charge in [0, 0.05) is 20.1 Å². The van der Waals surface area contributed by atoms with E-state index in [1.165, 1.54) is 4.90 Å². The first-order valence-electron chi connectivity index (χ1n) is 8.00. The number of halogens is 3. The fourth-order valence-electron chi connectivity index (χ4n) is 2.52. The summed E-state index contributed by atoms with van der Waals surface area (Å²) in [6.45, 7) is 2.48. The largest absolute Gasteiger partial charge is 0.493 e. The van der Waals surface area contributed by atoms with E-state index in [0.29, 0.717) is 32.9 Å². The molecule has 1 fully saturated rings. The van der Waals surface area contributed by atoms with Crippen LogP contribution in [0.15, 0.2) is 45.8 Å². The predicted molar refractivity (Wildman–Crippen MR) is 113 cm³/mol. The highest BCUT2D eigenvalue weighted by molar-refractivity contribution is 9.10. The Morgan fingerprint density at radius 3 is 2.67 bits per heavy atom. The van der Waals surface area contributed by atoms with Crippen LogP contribution in [0.4, 0.5) is 4.79 Å². The zero-order valence-corrected chi connectivity index (χ0v) is 18.1. The number of carbonyl (C=O) groups is 2. The maximum atomic E-state index is 12.8. The van der Waals surface area contributed by atoms with Gasteiger partial charge < -0.3 is 4.74 Å². The second kappa shape index (κ2) is 8.69. The van der Waals surface area contributed by atoms with Crippen molar-refractivity contribution in [2.24, 2.45) is 0 Å². The first-order valence-corrected chi connectivity index (χ1v) is 10.4. The van der Waals surface area contributed by atoms with Gasteiger partial charge in [0.15, 0.2) is 0 Å². The van der Waals surface area contributed by atoms with Crippen molar-refractivity contribution in [1.29, 1.82) is 0 Å². The molecule has 2 amide bonds. The minimum absolute atomic E-state index is 0.0921. The van der Waals surface area contributed by atoms with Crippen LogP contribution in [0.1, 0.15) is 18.1 Å². The molecular formula is C19H14BrCl2NO3S. The Hall–Kier alpha value is -1.47. The number of hydrogen-bond donors (Lipinski definition) is 0. The van der Waals surface area contributed by atoms with Crippen molar-refractivity contribution in [3.8, 4) is 5.75 Å². The number of rotatable bonds is 5. The summed E-state index contributed by atoms with van der Waals surface area (Å²) in [5, 5.41) is 0.567. The second-order valence-corrected chi connectivity index (χ2v) is 8.37. The van der Waals surface area contributed by atoms with Crippen molar-refractivity contribution in [1.82, 2.24) is 4.90 Å². The number of amides is 2. The van der Waals surface area contributed by atoms with Crippen LogP contribution < -0.4 is 4.74 Å². The summed E-state index contributed by atoms with van der Waals surface area (Å²) in [6.07, 6.45) is 1.67. The van der Waals surface area contributed by atoms with E-state index in [4.69, 9.17) is 27.9 Å². The molecule has 0 radical (unpaired) electrons. The summed E-state index contributed by atoms with van der Waals surface area (Å²) in [4.78, 5) is 26.6. The van der Waals surface area contributed by atoms with E-state index in [1.807, 2.05) is 25.1 Å².